The maximum absolute atomic E-state index is 12.7. The van der Waals surface area contributed by atoms with Gasteiger partial charge in [0.15, 0.2) is 0 Å². The van der Waals surface area contributed by atoms with Crippen molar-refractivity contribution in [3.05, 3.63) is 94.9 Å². The van der Waals surface area contributed by atoms with Crippen LogP contribution in [0, 0.1) is 6.92 Å². The number of anilines is 1. The molecule has 1 fully saturated rings. The zero-order valence-electron chi connectivity index (χ0n) is 18.9. The molecule has 0 N–H and O–H groups in total. The Morgan fingerprint density at radius 1 is 0.938 bits per heavy atom. The van der Waals surface area contributed by atoms with E-state index in [1.165, 1.54) is 11.1 Å². The van der Waals surface area contributed by atoms with Gasteiger partial charge in [0, 0.05) is 49.9 Å². The molecule has 164 valence electrons. The first-order valence-electron chi connectivity index (χ1n) is 11.3. The minimum atomic E-state index is 0.0612. The summed E-state index contributed by atoms with van der Waals surface area (Å²) in [5.74, 6) is 1.88. The first-order chi connectivity index (χ1) is 15.6. The Morgan fingerprint density at radius 3 is 2.25 bits per heavy atom. The van der Waals surface area contributed by atoms with E-state index in [0.29, 0.717) is 13.1 Å². The van der Waals surface area contributed by atoms with Gasteiger partial charge in [-0.15, -0.1) is 0 Å². The Kier molecular flexibility index (Phi) is 6.95. The molecule has 2 heterocycles. The van der Waals surface area contributed by atoms with Gasteiger partial charge in [0.1, 0.15) is 11.6 Å². The van der Waals surface area contributed by atoms with Crippen molar-refractivity contribution in [1.82, 2.24) is 14.9 Å². The molecule has 0 atom stereocenters. The van der Waals surface area contributed by atoms with Gasteiger partial charge in [0.25, 0.3) is 0 Å². The summed E-state index contributed by atoms with van der Waals surface area (Å²) in [4.78, 5) is 26.5. The lowest BCUT2D eigenvalue weighted by Crippen LogP contribution is -2.49. The Labute approximate surface area is 190 Å². The summed E-state index contributed by atoms with van der Waals surface area (Å²) in [5.41, 5.74) is 4.61. The molecule has 0 bridgehead atoms. The molecule has 1 aromatic heterocycles. The predicted octanol–water partition coefficient (Wildman–Crippen LogP) is 4.30. The molecule has 0 radical (unpaired) electrons. The minimum Gasteiger partial charge on any atom is -0.353 e. The number of hydrogen-bond donors (Lipinski definition) is 0. The molecule has 0 aliphatic carbocycles. The van der Waals surface area contributed by atoms with Crippen LogP contribution in [0.25, 0.3) is 6.08 Å². The zero-order chi connectivity index (χ0) is 22.3. The highest BCUT2D eigenvalue weighted by molar-refractivity contribution is 5.92. The number of aromatic nitrogens is 2. The number of rotatable bonds is 6. The van der Waals surface area contributed by atoms with Crippen molar-refractivity contribution < 1.29 is 4.79 Å². The molecule has 1 amide bonds. The number of nitrogens with zero attached hydrogens (tertiary/aromatic N) is 4. The summed E-state index contributed by atoms with van der Waals surface area (Å²) >= 11 is 0. The third-order valence-electron chi connectivity index (χ3n) is 5.85. The Balaban J connectivity index is 1.48. The third-order valence-corrected chi connectivity index (χ3v) is 5.85. The summed E-state index contributed by atoms with van der Waals surface area (Å²) in [5, 5.41) is 0. The number of carbonyl (C=O) groups is 1. The van der Waals surface area contributed by atoms with E-state index < -0.39 is 0 Å². The molecular formula is C27H30N4O. The molecule has 3 aromatic rings. The number of piperazine rings is 1. The highest BCUT2D eigenvalue weighted by Crippen LogP contribution is 2.26. The second-order valence-electron chi connectivity index (χ2n) is 8.09. The molecule has 4 rings (SSSR count). The van der Waals surface area contributed by atoms with Crippen LogP contribution in [0.3, 0.4) is 0 Å². The van der Waals surface area contributed by atoms with Crippen molar-refractivity contribution in [3.63, 3.8) is 0 Å². The summed E-state index contributed by atoms with van der Waals surface area (Å²) in [6, 6.07) is 20.4. The number of benzene rings is 2. The van der Waals surface area contributed by atoms with Crippen molar-refractivity contribution in [3.8, 4) is 0 Å². The Hall–Kier alpha value is -3.47. The van der Waals surface area contributed by atoms with Gasteiger partial charge in [0.05, 0.1) is 0 Å². The molecule has 1 aliphatic heterocycles. The second-order valence-corrected chi connectivity index (χ2v) is 8.09. The lowest BCUT2D eigenvalue weighted by Gasteiger charge is -2.36. The number of amides is 1. The van der Waals surface area contributed by atoms with Crippen molar-refractivity contribution in [2.24, 2.45) is 0 Å². The van der Waals surface area contributed by atoms with Crippen LogP contribution in [0.15, 0.2) is 66.7 Å². The van der Waals surface area contributed by atoms with E-state index in [9.17, 15) is 4.79 Å². The topological polar surface area (TPSA) is 49.3 Å². The number of aryl methyl sites for hydroxylation is 2. The quantitative estimate of drug-likeness (QED) is 0.552. The van der Waals surface area contributed by atoms with Crippen molar-refractivity contribution in [2.75, 3.05) is 31.1 Å². The maximum atomic E-state index is 12.7. The standard InChI is InChI=1S/C27H30N4O/c1-3-25-24(20-23-12-8-5-9-13-23)27(29-21(2)28-25)31-18-16-30(17-19-31)26(32)15-14-22-10-6-4-7-11-22/h4-15H,3,16-20H2,1-2H3/b15-14+. The largest absolute Gasteiger partial charge is 0.353 e. The molecule has 1 saturated heterocycles. The van der Waals surface area contributed by atoms with Gasteiger partial charge in [-0.25, -0.2) is 9.97 Å². The van der Waals surface area contributed by atoms with Crippen LogP contribution in [0.1, 0.15) is 35.1 Å². The monoisotopic (exact) mass is 426 g/mol. The lowest BCUT2D eigenvalue weighted by atomic mass is 10.0. The van der Waals surface area contributed by atoms with E-state index in [0.717, 1.165) is 48.8 Å². The van der Waals surface area contributed by atoms with E-state index in [1.54, 1.807) is 6.08 Å². The molecular weight excluding hydrogens is 396 g/mol. The Bertz CT molecular complexity index is 1070. The van der Waals surface area contributed by atoms with Gasteiger partial charge in [-0.3, -0.25) is 4.79 Å². The van der Waals surface area contributed by atoms with Gasteiger partial charge in [-0.05, 0) is 30.5 Å². The normalized spacial score (nSPS) is 14.2. The van der Waals surface area contributed by atoms with Crippen LogP contribution >= 0.6 is 0 Å². The molecule has 2 aromatic carbocycles. The van der Waals surface area contributed by atoms with E-state index in [1.807, 2.05) is 54.3 Å². The van der Waals surface area contributed by atoms with Crippen LogP contribution in [0.2, 0.25) is 0 Å². The highest BCUT2D eigenvalue weighted by atomic mass is 16.2. The minimum absolute atomic E-state index is 0.0612. The van der Waals surface area contributed by atoms with Gasteiger partial charge >= 0.3 is 0 Å². The summed E-state index contributed by atoms with van der Waals surface area (Å²) in [6.45, 7) is 7.03. The van der Waals surface area contributed by atoms with Gasteiger partial charge in [-0.2, -0.15) is 0 Å². The van der Waals surface area contributed by atoms with Crippen molar-refractivity contribution in [1.29, 1.82) is 0 Å². The lowest BCUT2D eigenvalue weighted by molar-refractivity contribution is -0.126. The third kappa shape index (κ3) is 5.22. The average Bonchev–Trinajstić information content (AvgIpc) is 2.84. The van der Waals surface area contributed by atoms with E-state index in [4.69, 9.17) is 9.97 Å². The molecule has 5 heteroatoms. The summed E-state index contributed by atoms with van der Waals surface area (Å²) in [6.07, 6.45) is 5.25. The zero-order valence-corrected chi connectivity index (χ0v) is 18.9. The van der Waals surface area contributed by atoms with Gasteiger partial charge < -0.3 is 9.80 Å². The SMILES string of the molecule is CCc1nc(C)nc(N2CCN(C(=O)/C=C/c3ccccc3)CC2)c1Cc1ccccc1. The maximum Gasteiger partial charge on any atom is 0.246 e. The van der Waals surface area contributed by atoms with Crippen molar-refractivity contribution >= 4 is 17.8 Å². The summed E-state index contributed by atoms with van der Waals surface area (Å²) < 4.78 is 0. The first-order valence-corrected chi connectivity index (χ1v) is 11.3. The fourth-order valence-corrected chi connectivity index (χ4v) is 4.15. The second kappa shape index (κ2) is 10.2. The Morgan fingerprint density at radius 2 is 1.59 bits per heavy atom. The predicted molar refractivity (Wildman–Crippen MR) is 130 cm³/mol. The van der Waals surface area contributed by atoms with Crippen LogP contribution in [0.4, 0.5) is 5.82 Å². The molecule has 0 spiro atoms. The highest BCUT2D eigenvalue weighted by Gasteiger charge is 2.24. The van der Waals surface area contributed by atoms with E-state index >= 15 is 0 Å². The van der Waals surface area contributed by atoms with Crippen LogP contribution in [0.5, 0.6) is 0 Å². The van der Waals surface area contributed by atoms with Gasteiger partial charge in [-0.1, -0.05) is 67.6 Å². The van der Waals surface area contributed by atoms with Crippen LogP contribution < -0.4 is 4.90 Å². The van der Waals surface area contributed by atoms with E-state index in [2.05, 4.69) is 36.1 Å². The van der Waals surface area contributed by atoms with E-state index in [-0.39, 0.29) is 5.91 Å². The van der Waals surface area contributed by atoms with Gasteiger partial charge in [0.2, 0.25) is 5.91 Å². The van der Waals surface area contributed by atoms with Crippen LogP contribution in [-0.2, 0) is 17.6 Å². The number of carbonyl (C=O) groups excluding carboxylic acids is 1. The molecule has 5 nitrogen and oxygen atoms in total. The average molecular weight is 427 g/mol. The van der Waals surface area contributed by atoms with Crippen LogP contribution in [-0.4, -0.2) is 47.0 Å². The molecule has 32 heavy (non-hydrogen) atoms. The van der Waals surface area contributed by atoms with Crippen molar-refractivity contribution in [2.45, 2.75) is 26.7 Å². The summed E-state index contributed by atoms with van der Waals surface area (Å²) in [7, 11) is 0. The first kappa shape index (κ1) is 21.8. The fraction of sp³-hybridized carbons (Fsp3) is 0.296. The number of hydrogen-bond acceptors (Lipinski definition) is 4. The molecule has 0 unspecified atom stereocenters. The fourth-order valence-electron chi connectivity index (χ4n) is 4.15. The molecule has 1 aliphatic rings. The molecule has 0 saturated carbocycles. The smallest absolute Gasteiger partial charge is 0.246 e.